The third-order valence-corrected chi connectivity index (χ3v) is 4.44. The number of hydrogen-bond donors (Lipinski definition) is 2. The SMILES string of the molecule is CCNC(c1cnccc1N)C1CCCS1. The molecule has 1 aromatic rings. The van der Waals surface area contributed by atoms with Crippen LogP contribution in [-0.2, 0) is 0 Å². The van der Waals surface area contributed by atoms with Gasteiger partial charge in [0.1, 0.15) is 0 Å². The van der Waals surface area contributed by atoms with Crippen molar-refractivity contribution >= 4 is 17.4 Å². The van der Waals surface area contributed by atoms with Crippen LogP contribution in [0.25, 0.3) is 0 Å². The van der Waals surface area contributed by atoms with Gasteiger partial charge in [0.15, 0.2) is 0 Å². The van der Waals surface area contributed by atoms with E-state index in [0.29, 0.717) is 11.3 Å². The highest BCUT2D eigenvalue weighted by molar-refractivity contribution is 8.00. The molecule has 4 heteroatoms. The first-order chi connectivity index (χ1) is 7.83. The molecule has 2 atom stereocenters. The van der Waals surface area contributed by atoms with E-state index >= 15 is 0 Å². The summed E-state index contributed by atoms with van der Waals surface area (Å²) >= 11 is 2.05. The van der Waals surface area contributed by atoms with Crippen LogP contribution >= 0.6 is 11.8 Å². The number of nitrogens with two attached hydrogens (primary N) is 1. The molecular formula is C12H19N3S. The Hall–Kier alpha value is -0.740. The minimum absolute atomic E-state index is 0.353. The maximum absolute atomic E-state index is 6.03. The topological polar surface area (TPSA) is 50.9 Å². The van der Waals surface area contributed by atoms with Crippen LogP contribution in [0.3, 0.4) is 0 Å². The van der Waals surface area contributed by atoms with E-state index in [0.717, 1.165) is 17.8 Å². The van der Waals surface area contributed by atoms with Gasteiger partial charge in [-0.15, -0.1) is 0 Å². The number of pyridine rings is 1. The molecule has 2 rings (SSSR count). The van der Waals surface area contributed by atoms with Crippen LogP contribution in [0, 0.1) is 0 Å². The van der Waals surface area contributed by atoms with Crippen molar-refractivity contribution < 1.29 is 0 Å². The number of anilines is 1. The number of nitrogens with one attached hydrogen (secondary N) is 1. The summed E-state index contributed by atoms with van der Waals surface area (Å²) < 4.78 is 0. The number of nitrogen functional groups attached to an aromatic ring is 1. The molecule has 1 aromatic heterocycles. The average Bonchev–Trinajstić information content (AvgIpc) is 2.80. The lowest BCUT2D eigenvalue weighted by Crippen LogP contribution is -2.29. The predicted molar refractivity (Wildman–Crippen MR) is 70.5 cm³/mol. The van der Waals surface area contributed by atoms with Crippen molar-refractivity contribution in [2.45, 2.75) is 31.1 Å². The first-order valence-electron chi connectivity index (χ1n) is 5.87. The minimum atomic E-state index is 0.353. The molecule has 0 amide bonds. The summed E-state index contributed by atoms with van der Waals surface area (Å²) in [4.78, 5) is 4.19. The summed E-state index contributed by atoms with van der Waals surface area (Å²) in [5.74, 6) is 1.27. The van der Waals surface area contributed by atoms with Crippen LogP contribution in [0.4, 0.5) is 5.69 Å². The Morgan fingerprint density at radius 1 is 1.69 bits per heavy atom. The third-order valence-electron chi connectivity index (χ3n) is 2.98. The molecule has 1 fully saturated rings. The summed E-state index contributed by atoms with van der Waals surface area (Å²) in [6, 6.07) is 2.24. The van der Waals surface area contributed by atoms with Gasteiger partial charge in [0.2, 0.25) is 0 Å². The molecule has 1 aliphatic heterocycles. The maximum atomic E-state index is 6.03. The fourth-order valence-corrected chi connectivity index (χ4v) is 3.61. The molecule has 0 spiro atoms. The van der Waals surface area contributed by atoms with Crippen LogP contribution in [0.15, 0.2) is 18.5 Å². The Morgan fingerprint density at radius 3 is 3.19 bits per heavy atom. The standard InChI is InChI=1S/C12H19N3S/c1-2-15-12(11-4-3-7-16-11)9-8-14-6-5-10(9)13/h5-6,8,11-12,15H,2-4,7H2,1H3,(H2,13,14). The molecule has 16 heavy (non-hydrogen) atoms. The van der Waals surface area contributed by atoms with Gasteiger partial charge < -0.3 is 11.1 Å². The Balaban J connectivity index is 2.21. The molecule has 1 aliphatic rings. The van der Waals surface area contributed by atoms with Crippen LogP contribution < -0.4 is 11.1 Å². The lowest BCUT2D eigenvalue weighted by molar-refractivity contribution is 0.519. The van der Waals surface area contributed by atoms with Crippen molar-refractivity contribution in [2.75, 3.05) is 18.0 Å². The second kappa shape index (κ2) is 5.55. The molecule has 0 aliphatic carbocycles. The largest absolute Gasteiger partial charge is 0.398 e. The predicted octanol–water partition coefficient (Wildman–Crippen LogP) is 2.21. The second-order valence-corrected chi connectivity index (χ2v) is 5.44. The Morgan fingerprint density at radius 2 is 2.56 bits per heavy atom. The van der Waals surface area contributed by atoms with Crippen molar-refractivity contribution in [3.05, 3.63) is 24.0 Å². The summed E-state index contributed by atoms with van der Waals surface area (Å²) in [6.45, 7) is 3.11. The fourth-order valence-electron chi connectivity index (χ4n) is 2.20. The molecule has 0 aromatic carbocycles. The second-order valence-electron chi connectivity index (χ2n) is 4.09. The van der Waals surface area contributed by atoms with Crippen molar-refractivity contribution in [1.29, 1.82) is 0 Å². The van der Waals surface area contributed by atoms with Crippen molar-refractivity contribution in [2.24, 2.45) is 0 Å². The summed E-state index contributed by atoms with van der Waals surface area (Å²) in [6.07, 6.45) is 6.25. The van der Waals surface area contributed by atoms with E-state index in [1.54, 1.807) is 6.20 Å². The van der Waals surface area contributed by atoms with Crippen molar-refractivity contribution in [3.63, 3.8) is 0 Å². The molecular weight excluding hydrogens is 218 g/mol. The highest BCUT2D eigenvalue weighted by Gasteiger charge is 2.27. The number of nitrogens with zero attached hydrogens (tertiary/aromatic N) is 1. The molecule has 0 radical (unpaired) electrons. The maximum Gasteiger partial charge on any atom is 0.0476 e. The van der Waals surface area contributed by atoms with Gasteiger partial charge >= 0.3 is 0 Å². The molecule has 2 heterocycles. The molecule has 2 unspecified atom stereocenters. The molecule has 3 nitrogen and oxygen atoms in total. The quantitative estimate of drug-likeness (QED) is 0.843. The monoisotopic (exact) mass is 237 g/mol. The summed E-state index contributed by atoms with van der Waals surface area (Å²) in [5.41, 5.74) is 8.04. The molecule has 88 valence electrons. The minimum Gasteiger partial charge on any atom is -0.398 e. The van der Waals surface area contributed by atoms with Crippen LogP contribution in [-0.4, -0.2) is 22.5 Å². The van der Waals surface area contributed by atoms with Gasteiger partial charge in [-0.05, 0) is 31.2 Å². The van der Waals surface area contributed by atoms with E-state index in [2.05, 4.69) is 17.2 Å². The number of thioether (sulfide) groups is 1. The molecule has 1 saturated heterocycles. The molecule has 0 bridgehead atoms. The zero-order valence-corrected chi connectivity index (χ0v) is 10.5. The normalized spacial score (nSPS) is 22.2. The molecule has 3 N–H and O–H groups in total. The smallest absolute Gasteiger partial charge is 0.0476 e. The van der Waals surface area contributed by atoms with Gasteiger partial charge in [0.05, 0.1) is 0 Å². The summed E-state index contributed by atoms with van der Waals surface area (Å²) in [7, 11) is 0. The van der Waals surface area contributed by atoms with E-state index in [9.17, 15) is 0 Å². The highest BCUT2D eigenvalue weighted by atomic mass is 32.2. The highest BCUT2D eigenvalue weighted by Crippen LogP contribution is 2.37. The fraction of sp³-hybridized carbons (Fsp3) is 0.583. The Bertz CT molecular complexity index is 337. The van der Waals surface area contributed by atoms with Gasteiger partial charge in [-0.2, -0.15) is 11.8 Å². The Kier molecular flexibility index (Phi) is 4.07. The van der Waals surface area contributed by atoms with E-state index in [4.69, 9.17) is 5.73 Å². The van der Waals surface area contributed by atoms with Gasteiger partial charge in [-0.3, -0.25) is 4.98 Å². The van der Waals surface area contributed by atoms with E-state index in [-0.39, 0.29) is 0 Å². The lowest BCUT2D eigenvalue weighted by Gasteiger charge is -2.24. The van der Waals surface area contributed by atoms with E-state index < -0.39 is 0 Å². The number of aromatic nitrogens is 1. The van der Waals surface area contributed by atoms with Gasteiger partial charge in [-0.1, -0.05) is 6.92 Å². The van der Waals surface area contributed by atoms with Gasteiger partial charge in [0.25, 0.3) is 0 Å². The zero-order chi connectivity index (χ0) is 11.4. The van der Waals surface area contributed by atoms with Gasteiger partial charge in [-0.25, -0.2) is 0 Å². The van der Waals surface area contributed by atoms with E-state index in [1.807, 2.05) is 24.0 Å². The number of rotatable bonds is 4. The van der Waals surface area contributed by atoms with Crippen LogP contribution in [0.2, 0.25) is 0 Å². The first kappa shape index (κ1) is 11.7. The van der Waals surface area contributed by atoms with Crippen LogP contribution in [0.1, 0.15) is 31.4 Å². The third kappa shape index (κ3) is 2.50. The first-order valence-corrected chi connectivity index (χ1v) is 6.92. The van der Waals surface area contributed by atoms with Crippen LogP contribution in [0.5, 0.6) is 0 Å². The molecule has 0 saturated carbocycles. The van der Waals surface area contributed by atoms with Crippen molar-refractivity contribution in [3.8, 4) is 0 Å². The lowest BCUT2D eigenvalue weighted by atomic mass is 10.0. The summed E-state index contributed by atoms with van der Waals surface area (Å²) in [5, 5.41) is 4.19. The Labute approximate surface area is 101 Å². The van der Waals surface area contributed by atoms with E-state index in [1.165, 1.54) is 18.6 Å². The van der Waals surface area contributed by atoms with Gasteiger partial charge in [0, 0.05) is 34.9 Å². The zero-order valence-electron chi connectivity index (χ0n) is 9.65. The van der Waals surface area contributed by atoms with Crippen molar-refractivity contribution in [1.82, 2.24) is 10.3 Å². The average molecular weight is 237 g/mol. The number of hydrogen-bond acceptors (Lipinski definition) is 4.